The number of amides is 2. The molecule has 2 aromatic rings. The zero-order valence-electron chi connectivity index (χ0n) is 25.6. The number of halogens is 1. The number of piperidine rings is 1. The van der Waals surface area contributed by atoms with Crippen LogP contribution < -0.4 is 0 Å². The number of aromatic hydroxyl groups is 1. The molecule has 0 saturated carbocycles. The van der Waals surface area contributed by atoms with Gasteiger partial charge in [0.25, 0.3) is 0 Å². The SMILES string of the molecule is CCC1=C2[C@@H](CC/C(C)=C/c3cc(Br)ccc3O)OB(O)C[C@@H]2[C@@H]2C(=O)N(C3CCN(Cc4ccccc4)CC3)C(=O)[C@@H]2C1. The first kappa shape index (κ1) is 31.3. The van der Waals surface area contributed by atoms with Crippen LogP contribution in [0, 0.1) is 17.8 Å². The summed E-state index contributed by atoms with van der Waals surface area (Å²) in [6.45, 7) is 6.75. The highest BCUT2D eigenvalue weighted by Gasteiger charge is 2.58. The monoisotopic (exact) mass is 660 g/mol. The minimum atomic E-state index is -0.970. The molecule has 9 heteroatoms. The molecule has 0 unspecified atom stereocenters. The number of phenolic OH excluding ortho intramolecular Hbond substituents is 1. The van der Waals surface area contributed by atoms with Gasteiger partial charge in [0.05, 0.1) is 17.9 Å². The first-order chi connectivity index (χ1) is 21.2. The number of imide groups is 1. The number of likely N-dealkylation sites (tertiary alicyclic amines) is 2. The lowest BCUT2D eigenvalue weighted by Crippen LogP contribution is -2.48. The van der Waals surface area contributed by atoms with Gasteiger partial charge in [-0.2, -0.15) is 0 Å². The van der Waals surface area contributed by atoms with Crippen LogP contribution in [0.25, 0.3) is 6.08 Å². The van der Waals surface area contributed by atoms with Crippen molar-refractivity contribution in [2.75, 3.05) is 13.1 Å². The van der Waals surface area contributed by atoms with Gasteiger partial charge in [0, 0.05) is 35.7 Å². The van der Waals surface area contributed by atoms with E-state index >= 15 is 0 Å². The van der Waals surface area contributed by atoms with Crippen LogP contribution in [-0.4, -0.2) is 64.1 Å². The van der Waals surface area contributed by atoms with E-state index < -0.39 is 13.0 Å². The molecule has 44 heavy (non-hydrogen) atoms. The smallest absolute Gasteiger partial charge is 0.455 e. The van der Waals surface area contributed by atoms with Crippen LogP contribution in [0.15, 0.2) is 69.7 Å². The Morgan fingerprint density at radius 3 is 2.57 bits per heavy atom. The van der Waals surface area contributed by atoms with Gasteiger partial charge in [-0.15, -0.1) is 0 Å². The summed E-state index contributed by atoms with van der Waals surface area (Å²) in [6.07, 6.45) is 6.37. The van der Waals surface area contributed by atoms with Crippen molar-refractivity contribution in [2.45, 2.75) is 77.4 Å². The van der Waals surface area contributed by atoms with Crippen molar-refractivity contribution in [2.24, 2.45) is 17.8 Å². The maximum Gasteiger partial charge on any atom is 0.455 e. The average molecular weight is 661 g/mol. The normalized spacial score (nSPS) is 26.8. The Hall–Kier alpha value is -2.72. The van der Waals surface area contributed by atoms with E-state index in [2.05, 4.69) is 52.0 Å². The standard InChI is InChI=1S/C35H42BBrN2O5/c1-3-24-19-28-33(35(42)39(34(28)41)27-13-15-38(16-14-27)21-23-7-5-4-6-8-23)29-20-36(43)44-31(32(24)29)12-9-22(2)17-25-18-26(37)10-11-30(25)40/h4-8,10-11,17-18,27-29,31,33,40,43H,3,9,12-16,19-21H2,1-2H3/b22-17+/t28-,29+,31-,33-/m1/s1. The number of benzene rings is 2. The molecule has 1 aliphatic carbocycles. The summed E-state index contributed by atoms with van der Waals surface area (Å²) in [4.78, 5) is 32.1. The van der Waals surface area contributed by atoms with Gasteiger partial charge in [-0.05, 0) is 87.0 Å². The van der Waals surface area contributed by atoms with E-state index in [1.54, 1.807) is 17.0 Å². The van der Waals surface area contributed by atoms with Gasteiger partial charge >= 0.3 is 7.12 Å². The van der Waals surface area contributed by atoms with E-state index in [0.717, 1.165) is 60.1 Å². The third kappa shape index (κ3) is 6.34. The average Bonchev–Trinajstić information content (AvgIpc) is 3.27. The molecule has 6 rings (SSSR count). The summed E-state index contributed by atoms with van der Waals surface area (Å²) in [6, 6.07) is 15.7. The van der Waals surface area contributed by atoms with Crippen molar-refractivity contribution in [3.05, 3.63) is 80.8 Å². The number of fused-ring (bicyclic) bond motifs is 3. The van der Waals surface area contributed by atoms with Crippen molar-refractivity contribution in [1.82, 2.24) is 9.80 Å². The zero-order chi connectivity index (χ0) is 31.0. The number of rotatable bonds is 8. The highest BCUT2D eigenvalue weighted by atomic mass is 79.9. The van der Waals surface area contributed by atoms with Gasteiger partial charge in [-0.25, -0.2) is 0 Å². The van der Waals surface area contributed by atoms with Crippen molar-refractivity contribution in [1.29, 1.82) is 0 Å². The van der Waals surface area contributed by atoms with Gasteiger partial charge in [0.1, 0.15) is 5.75 Å². The summed E-state index contributed by atoms with van der Waals surface area (Å²) in [5, 5.41) is 21.2. The summed E-state index contributed by atoms with van der Waals surface area (Å²) < 4.78 is 7.04. The lowest BCUT2D eigenvalue weighted by molar-refractivity contribution is -0.144. The Kier molecular flexibility index (Phi) is 9.48. The molecule has 2 amide bonds. The van der Waals surface area contributed by atoms with E-state index in [1.807, 2.05) is 25.1 Å². The molecule has 3 fully saturated rings. The molecule has 0 radical (unpaired) electrons. The number of allylic oxidation sites excluding steroid dienone is 2. The van der Waals surface area contributed by atoms with Crippen LogP contribution in [0.1, 0.15) is 63.5 Å². The minimum absolute atomic E-state index is 0.0170. The molecule has 0 bridgehead atoms. The van der Waals surface area contributed by atoms with Crippen molar-refractivity contribution in [3.8, 4) is 5.75 Å². The molecule has 0 aromatic heterocycles. The van der Waals surface area contributed by atoms with E-state index in [-0.39, 0.29) is 41.5 Å². The number of hydrogen-bond donors (Lipinski definition) is 2. The van der Waals surface area contributed by atoms with Gasteiger partial charge in [0.15, 0.2) is 0 Å². The summed E-state index contributed by atoms with van der Waals surface area (Å²) >= 11 is 3.47. The second-order valence-corrected chi connectivity index (χ2v) is 13.9. The van der Waals surface area contributed by atoms with Crippen LogP contribution >= 0.6 is 15.9 Å². The summed E-state index contributed by atoms with van der Waals surface area (Å²) in [5.74, 6) is -0.797. The summed E-state index contributed by atoms with van der Waals surface area (Å²) in [7, 11) is -0.970. The third-order valence-corrected chi connectivity index (χ3v) is 10.6. The van der Waals surface area contributed by atoms with E-state index in [0.29, 0.717) is 25.6 Å². The quantitative estimate of drug-likeness (QED) is 0.199. The maximum absolute atomic E-state index is 14.1. The Labute approximate surface area is 269 Å². The predicted molar refractivity (Wildman–Crippen MR) is 175 cm³/mol. The Balaban J connectivity index is 1.16. The second-order valence-electron chi connectivity index (χ2n) is 12.9. The zero-order valence-corrected chi connectivity index (χ0v) is 27.2. The highest BCUT2D eigenvalue weighted by molar-refractivity contribution is 9.10. The van der Waals surface area contributed by atoms with Crippen molar-refractivity contribution < 1.29 is 24.4 Å². The third-order valence-electron chi connectivity index (χ3n) is 10.1. The molecule has 2 aromatic carbocycles. The van der Waals surface area contributed by atoms with E-state index in [4.69, 9.17) is 4.65 Å². The molecule has 4 atom stereocenters. The fourth-order valence-corrected chi connectivity index (χ4v) is 8.38. The number of carbonyl (C=O) groups excluding carboxylic acids is 2. The lowest BCUT2D eigenvalue weighted by atomic mass is 9.58. The van der Waals surface area contributed by atoms with Crippen LogP contribution in [0.5, 0.6) is 5.75 Å². The first-order valence-corrected chi connectivity index (χ1v) is 16.9. The molecule has 0 spiro atoms. The molecule has 232 valence electrons. The number of phenols is 1. The van der Waals surface area contributed by atoms with Crippen molar-refractivity contribution >= 4 is 40.9 Å². The van der Waals surface area contributed by atoms with Crippen LogP contribution in [0.2, 0.25) is 6.32 Å². The van der Waals surface area contributed by atoms with Crippen LogP contribution in [0.3, 0.4) is 0 Å². The van der Waals surface area contributed by atoms with Gasteiger partial charge < -0.3 is 14.8 Å². The number of nitrogens with zero attached hydrogens (tertiary/aromatic N) is 2. The minimum Gasteiger partial charge on any atom is -0.507 e. The highest BCUT2D eigenvalue weighted by Crippen LogP contribution is 2.52. The lowest BCUT2D eigenvalue weighted by Gasteiger charge is -2.43. The van der Waals surface area contributed by atoms with Gasteiger partial charge in [-0.3, -0.25) is 19.4 Å². The predicted octanol–water partition coefficient (Wildman–Crippen LogP) is 6.21. The summed E-state index contributed by atoms with van der Waals surface area (Å²) in [5.41, 5.74) is 5.45. The first-order valence-electron chi connectivity index (χ1n) is 16.1. The molecule has 2 N–H and O–H groups in total. The fraction of sp³-hybridized carbons (Fsp3) is 0.486. The second kappa shape index (κ2) is 13.3. The molecule has 3 saturated heterocycles. The topological polar surface area (TPSA) is 90.3 Å². The van der Waals surface area contributed by atoms with Crippen molar-refractivity contribution in [3.63, 3.8) is 0 Å². The molecule has 7 nitrogen and oxygen atoms in total. The van der Waals surface area contributed by atoms with E-state index in [1.165, 1.54) is 11.1 Å². The Morgan fingerprint density at radius 1 is 1.09 bits per heavy atom. The molecule has 3 aliphatic heterocycles. The molecular weight excluding hydrogens is 619 g/mol. The fourth-order valence-electron chi connectivity index (χ4n) is 8.00. The van der Waals surface area contributed by atoms with Gasteiger partial charge in [0.2, 0.25) is 11.8 Å². The maximum atomic E-state index is 14.1. The Bertz CT molecular complexity index is 1450. The van der Waals surface area contributed by atoms with Crippen LogP contribution in [-0.2, 0) is 20.8 Å². The number of carbonyl (C=O) groups is 2. The van der Waals surface area contributed by atoms with E-state index in [9.17, 15) is 19.7 Å². The molecular formula is C35H42BBrN2O5. The Morgan fingerprint density at radius 2 is 1.84 bits per heavy atom. The molecule has 3 heterocycles. The van der Waals surface area contributed by atoms with Crippen LogP contribution in [0.4, 0.5) is 0 Å². The molecule has 4 aliphatic rings. The number of hydrogen-bond acceptors (Lipinski definition) is 6. The largest absolute Gasteiger partial charge is 0.507 e. The van der Waals surface area contributed by atoms with Gasteiger partial charge in [-0.1, -0.05) is 70.4 Å².